The molecule has 2 aromatic rings. The number of hydrogen-bond donors (Lipinski definition) is 1. The number of benzene rings is 1. The molecule has 3 rings (SSSR count). The van der Waals surface area contributed by atoms with E-state index in [0.29, 0.717) is 18.0 Å². The van der Waals surface area contributed by atoms with Gasteiger partial charge < -0.3 is 10.1 Å². The van der Waals surface area contributed by atoms with Crippen LogP contribution in [0.3, 0.4) is 0 Å². The van der Waals surface area contributed by atoms with E-state index in [1.165, 1.54) is 22.4 Å². The molecule has 0 bridgehead atoms. The lowest BCUT2D eigenvalue weighted by molar-refractivity contribution is 0.364. The monoisotopic (exact) mass is 301 g/mol. The summed E-state index contributed by atoms with van der Waals surface area (Å²) < 4.78 is 5.39. The van der Waals surface area contributed by atoms with Crippen LogP contribution in [0.5, 0.6) is 5.75 Å². The molecule has 0 saturated heterocycles. The molecule has 3 heteroatoms. The third-order valence-corrected chi connectivity index (χ3v) is 5.28. The molecule has 1 N–H and O–H groups in total. The van der Waals surface area contributed by atoms with Gasteiger partial charge in [-0.2, -0.15) is 0 Å². The van der Waals surface area contributed by atoms with Gasteiger partial charge in [-0.1, -0.05) is 26.0 Å². The first kappa shape index (κ1) is 14.6. The zero-order chi connectivity index (χ0) is 14.8. The smallest absolute Gasteiger partial charge is 0.119 e. The van der Waals surface area contributed by atoms with Crippen LogP contribution in [0.1, 0.15) is 48.4 Å². The Labute approximate surface area is 131 Å². The number of aryl methyl sites for hydroxylation is 1. The first-order valence-electron chi connectivity index (χ1n) is 7.65. The molecular formula is C18H23NOS. The van der Waals surface area contributed by atoms with Crippen LogP contribution in [0.4, 0.5) is 0 Å². The van der Waals surface area contributed by atoms with Crippen molar-refractivity contribution in [1.29, 1.82) is 0 Å². The minimum atomic E-state index is 0.423. The van der Waals surface area contributed by atoms with E-state index in [0.717, 1.165) is 12.2 Å². The minimum absolute atomic E-state index is 0.423. The first-order valence-corrected chi connectivity index (χ1v) is 8.53. The SMILES string of the molecule is COc1ccc2c(c1)C(NC(c1cccs1)C(C)C)CC2. The van der Waals surface area contributed by atoms with Gasteiger partial charge in [0.1, 0.15) is 5.75 Å². The Morgan fingerprint density at radius 1 is 1.29 bits per heavy atom. The second-order valence-corrected chi connectivity index (χ2v) is 7.04. The van der Waals surface area contributed by atoms with E-state index in [1.807, 2.05) is 11.3 Å². The highest BCUT2D eigenvalue weighted by molar-refractivity contribution is 7.10. The maximum absolute atomic E-state index is 5.39. The van der Waals surface area contributed by atoms with Crippen LogP contribution in [0.15, 0.2) is 35.7 Å². The molecule has 0 amide bonds. The van der Waals surface area contributed by atoms with Gasteiger partial charge in [0.25, 0.3) is 0 Å². The van der Waals surface area contributed by atoms with E-state index in [9.17, 15) is 0 Å². The predicted molar refractivity (Wildman–Crippen MR) is 89.1 cm³/mol. The summed E-state index contributed by atoms with van der Waals surface area (Å²) in [5, 5.41) is 6.04. The zero-order valence-electron chi connectivity index (χ0n) is 12.9. The second-order valence-electron chi connectivity index (χ2n) is 6.06. The Kier molecular flexibility index (Phi) is 4.32. The zero-order valence-corrected chi connectivity index (χ0v) is 13.7. The molecule has 1 aliphatic rings. The van der Waals surface area contributed by atoms with E-state index in [4.69, 9.17) is 4.74 Å². The molecule has 2 nitrogen and oxygen atoms in total. The maximum atomic E-state index is 5.39. The summed E-state index contributed by atoms with van der Waals surface area (Å²) in [4.78, 5) is 1.43. The van der Waals surface area contributed by atoms with Crippen molar-refractivity contribution in [2.45, 2.75) is 38.8 Å². The molecule has 0 spiro atoms. The van der Waals surface area contributed by atoms with E-state index >= 15 is 0 Å². The van der Waals surface area contributed by atoms with Crippen LogP contribution in [0.2, 0.25) is 0 Å². The van der Waals surface area contributed by atoms with Crippen LogP contribution in [0, 0.1) is 5.92 Å². The van der Waals surface area contributed by atoms with Crippen LogP contribution < -0.4 is 10.1 Å². The number of ether oxygens (including phenoxy) is 1. The number of hydrogen-bond acceptors (Lipinski definition) is 3. The molecule has 0 aliphatic heterocycles. The largest absolute Gasteiger partial charge is 0.497 e. The van der Waals surface area contributed by atoms with E-state index < -0.39 is 0 Å². The van der Waals surface area contributed by atoms with Crippen molar-refractivity contribution < 1.29 is 4.74 Å². The number of fused-ring (bicyclic) bond motifs is 1. The highest BCUT2D eigenvalue weighted by Gasteiger charge is 2.27. The Balaban J connectivity index is 1.83. The maximum Gasteiger partial charge on any atom is 0.119 e. The fourth-order valence-corrected chi connectivity index (χ4v) is 4.13. The molecule has 1 heterocycles. The predicted octanol–water partition coefficient (Wildman–Crippen LogP) is 4.73. The molecular weight excluding hydrogens is 278 g/mol. The fraction of sp³-hybridized carbons (Fsp3) is 0.444. The van der Waals surface area contributed by atoms with Gasteiger partial charge in [-0.15, -0.1) is 11.3 Å². The Bertz CT molecular complexity index is 591. The second kappa shape index (κ2) is 6.20. The third-order valence-electron chi connectivity index (χ3n) is 4.33. The summed E-state index contributed by atoms with van der Waals surface area (Å²) >= 11 is 1.84. The summed E-state index contributed by atoms with van der Waals surface area (Å²) in [5.41, 5.74) is 2.87. The van der Waals surface area contributed by atoms with Crippen LogP contribution in [-0.4, -0.2) is 7.11 Å². The van der Waals surface area contributed by atoms with Gasteiger partial charge in [-0.3, -0.25) is 0 Å². The fourth-order valence-electron chi connectivity index (χ4n) is 3.17. The highest BCUT2D eigenvalue weighted by Crippen LogP contribution is 2.37. The average Bonchev–Trinajstić information content (AvgIpc) is 3.13. The standard InChI is InChI=1S/C18H23NOS/c1-12(2)18(17-5-4-10-21-17)19-16-9-7-13-6-8-14(20-3)11-15(13)16/h4-6,8,10-12,16,18-19H,7,9H2,1-3H3. The quantitative estimate of drug-likeness (QED) is 0.862. The average molecular weight is 301 g/mol. The van der Waals surface area contributed by atoms with Crippen molar-refractivity contribution in [3.8, 4) is 5.75 Å². The van der Waals surface area contributed by atoms with E-state index in [-0.39, 0.29) is 0 Å². The van der Waals surface area contributed by atoms with Gasteiger partial charge in [0, 0.05) is 17.0 Å². The molecule has 2 unspecified atom stereocenters. The third kappa shape index (κ3) is 2.99. The van der Waals surface area contributed by atoms with Crippen molar-refractivity contribution >= 4 is 11.3 Å². The molecule has 2 atom stereocenters. The van der Waals surface area contributed by atoms with Crippen LogP contribution in [0.25, 0.3) is 0 Å². The molecule has 0 saturated carbocycles. The van der Waals surface area contributed by atoms with Crippen molar-refractivity contribution in [3.63, 3.8) is 0 Å². The lowest BCUT2D eigenvalue weighted by Gasteiger charge is -2.26. The Morgan fingerprint density at radius 2 is 2.14 bits per heavy atom. The van der Waals surface area contributed by atoms with Crippen molar-refractivity contribution in [2.75, 3.05) is 7.11 Å². The van der Waals surface area contributed by atoms with Gasteiger partial charge in [-0.05, 0) is 53.5 Å². The Hall–Kier alpha value is -1.32. The minimum Gasteiger partial charge on any atom is -0.497 e. The van der Waals surface area contributed by atoms with Crippen molar-refractivity contribution in [1.82, 2.24) is 5.32 Å². The van der Waals surface area contributed by atoms with Gasteiger partial charge in [0.05, 0.1) is 7.11 Å². The molecule has 112 valence electrons. The van der Waals surface area contributed by atoms with Crippen LogP contribution in [-0.2, 0) is 6.42 Å². The number of nitrogens with one attached hydrogen (secondary N) is 1. The van der Waals surface area contributed by atoms with Gasteiger partial charge in [0.15, 0.2) is 0 Å². The summed E-state index contributed by atoms with van der Waals surface area (Å²) in [7, 11) is 1.74. The highest BCUT2D eigenvalue weighted by atomic mass is 32.1. The van der Waals surface area contributed by atoms with E-state index in [1.54, 1.807) is 7.11 Å². The lowest BCUT2D eigenvalue weighted by atomic mass is 9.99. The Morgan fingerprint density at radius 3 is 2.81 bits per heavy atom. The van der Waals surface area contributed by atoms with Gasteiger partial charge >= 0.3 is 0 Å². The van der Waals surface area contributed by atoms with Gasteiger partial charge in [-0.25, -0.2) is 0 Å². The summed E-state index contributed by atoms with van der Waals surface area (Å²) in [6.45, 7) is 4.58. The molecule has 1 aromatic heterocycles. The lowest BCUT2D eigenvalue weighted by Crippen LogP contribution is -2.28. The summed E-state index contributed by atoms with van der Waals surface area (Å²) in [6, 6.07) is 11.7. The normalized spacial score (nSPS) is 18.8. The first-order chi connectivity index (χ1) is 10.2. The topological polar surface area (TPSA) is 21.3 Å². The number of methoxy groups -OCH3 is 1. The molecule has 21 heavy (non-hydrogen) atoms. The van der Waals surface area contributed by atoms with Gasteiger partial charge in [0.2, 0.25) is 0 Å². The molecule has 1 aromatic carbocycles. The van der Waals surface area contributed by atoms with Crippen molar-refractivity contribution in [3.05, 3.63) is 51.7 Å². The summed E-state index contributed by atoms with van der Waals surface area (Å²) in [6.07, 6.45) is 2.34. The summed E-state index contributed by atoms with van der Waals surface area (Å²) in [5.74, 6) is 1.54. The van der Waals surface area contributed by atoms with Crippen LogP contribution >= 0.6 is 11.3 Å². The molecule has 0 fully saturated rings. The van der Waals surface area contributed by atoms with Crippen molar-refractivity contribution in [2.24, 2.45) is 5.92 Å². The van der Waals surface area contributed by atoms with E-state index in [2.05, 4.69) is 54.9 Å². The number of rotatable bonds is 5. The molecule has 1 aliphatic carbocycles. The molecule has 0 radical (unpaired) electrons. The number of thiophene rings is 1.